The Morgan fingerprint density at radius 2 is 2.09 bits per heavy atom. The molecule has 110 valence electrons. The number of aromatic nitrogens is 4. The van der Waals surface area contributed by atoms with Crippen LogP contribution in [0.3, 0.4) is 0 Å². The van der Waals surface area contributed by atoms with Crippen molar-refractivity contribution in [3.05, 3.63) is 60.3 Å². The highest BCUT2D eigenvalue weighted by Gasteiger charge is 2.40. The number of imidazole rings is 1. The molecule has 2 aliphatic heterocycles. The van der Waals surface area contributed by atoms with Crippen molar-refractivity contribution in [2.75, 3.05) is 0 Å². The van der Waals surface area contributed by atoms with E-state index in [1.807, 2.05) is 23.3 Å². The van der Waals surface area contributed by atoms with Crippen molar-refractivity contribution in [1.29, 1.82) is 0 Å². The van der Waals surface area contributed by atoms with E-state index < -0.39 is 6.10 Å². The first-order valence-corrected chi connectivity index (χ1v) is 7.65. The first kappa shape index (κ1) is 12.2. The molecular weight excluding hydrogens is 276 g/mol. The minimum absolute atomic E-state index is 0.140. The molecule has 0 saturated carbocycles. The summed E-state index contributed by atoms with van der Waals surface area (Å²) in [6, 6.07) is 10.5. The normalized spacial score (nSPS) is 25.6. The molecule has 2 aromatic heterocycles. The summed E-state index contributed by atoms with van der Waals surface area (Å²) in [5, 5.41) is 15.1. The Kier molecular flexibility index (Phi) is 2.38. The van der Waals surface area contributed by atoms with Crippen LogP contribution in [0.15, 0.2) is 49.1 Å². The molecule has 0 radical (unpaired) electrons. The summed E-state index contributed by atoms with van der Waals surface area (Å²) >= 11 is 0. The molecule has 2 aliphatic rings. The van der Waals surface area contributed by atoms with E-state index in [4.69, 9.17) is 0 Å². The molecule has 5 nitrogen and oxygen atoms in total. The minimum Gasteiger partial charge on any atom is -0.386 e. The fraction of sp³-hybridized carbons (Fsp3) is 0.294. The summed E-state index contributed by atoms with van der Waals surface area (Å²) in [7, 11) is 0. The Morgan fingerprint density at radius 3 is 3.05 bits per heavy atom. The van der Waals surface area contributed by atoms with Crippen LogP contribution in [0.4, 0.5) is 0 Å². The maximum atomic E-state index is 10.9. The lowest BCUT2D eigenvalue weighted by atomic mass is 9.83. The second-order valence-electron chi connectivity index (χ2n) is 6.09. The van der Waals surface area contributed by atoms with E-state index in [2.05, 4.69) is 38.9 Å². The van der Waals surface area contributed by atoms with Crippen LogP contribution in [0, 0.1) is 5.92 Å². The molecule has 0 saturated heterocycles. The van der Waals surface area contributed by atoms with Gasteiger partial charge in [-0.2, -0.15) is 5.10 Å². The molecule has 0 amide bonds. The van der Waals surface area contributed by atoms with Crippen LogP contribution in [0.2, 0.25) is 0 Å². The summed E-state index contributed by atoms with van der Waals surface area (Å²) in [5.74, 6) is 0.140. The molecule has 0 bridgehead atoms. The Labute approximate surface area is 127 Å². The zero-order chi connectivity index (χ0) is 14.7. The van der Waals surface area contributed by atoms with Crippen LogP contribution in [-0.2, 0) is 6.54 Å². The Balaban J connectivity index is 1.65. The van der Waals surface area contributed by atoms with Gasteiger partial charge in [-0.1, -0.05) is 24.3 Å². The Morgan fingerprint density at radius 1 is 1.18 bits per heavy atom. The average Bonchev–Trinajstić information content (AvgIpc) is 3.23. The molecule has 5 heteroatoms. The monoisotopic (exact) mass is 292 g/mol. The van der Waals surface area contributed by atoms with E-state index in [0.717, 1.165) is 24.4 Å². The van der Waals surface area contributed by atoms with E-state index >= 15 is 0 Å². The van der Waals surface area contributed by atoms with Crippen molar-refractivity contribution in [2.45, 2.75) is 25.1 Å². The predicted octanol–water partition coefficient (Wildman–Crippen LogP) is 2.40. The van der Waals surface area contributed by atoms with Crippen LogP contribution in [0.1, 0.15) is 29.8 Å². The third-order valence-corrected chi connectivity index (χ3v) is 5.06. The fourth-order valence-electron chi connectivity index (χ4n) is 4.07. The van der Waals surface area contributed by atoms with Gasteiger partial charge in [0.1, 0.15) is 6.10 Å². The minimum atomic E-state index is -0.498. The van der Waals surface area contributed by atoms with Gasteiger partial charge in [-0.3, -0.25) is 4.68 Å². The Hall–Kier alpha value is -2.40. The van der Waals surface area contributed by atoms with Crippen molar-refractivity contribution in [1.82, 2.24) is 19.3 Å². The van der Waals surface area contributed by atoms with Gasteiger partial charge < -0.3 is 9.67 Å². The number of nitrogens with zero attached hydrogens (tertiary/aromatic N) is 4. The molecule has 0 aliphatic carbocycles. The molecule has 5 rings (SSSR count). The fourth-order valence-corrected chi connectivity index (χ4v) is 4.07. The molecule has 0 spiro atoms. The van der Waals surface area contributed by atoms with Gasteiger partial charge in [0, 0.05) is 24.2 Å². The number of hydrogen-bond donors (Lipinski definition) is 1. The lowest BCUT2D eigenvalue weighted by molar-refractivity contribution is 0.0525. The third-order valence-electron chi connectivity index (χ3n) is 5.06. The van der Waals surface area contributed by atoms with Crippen LogP contribution in [0.5, 0.6) is 0 Å². The number of rotatable bonds is 1. The summed E-state index contributed by atoms with van der Waals surface area (Å²) in [6.07, 6.45) is 5.98. The van der Waals surface area contributed by atoms with Gasteiger partial charge in [0.2, 0.25) is 0 Å². The largest absolute Gasteiger partial charge is 0.386 e. The van der Waals surface area contributed by atoms with Crippen LogP contribution in [0.25, 0.3) is 11.3 Å². The van der Waals surface area contributed by atoms with Gasteiger partial charge >= 0.3 is 0 Å². The maximum absolute atomic E-state index is 10.9. The maximum Gasteiger partial charge on any atom is 0.101 e. The van der Waals surface area contributed by atoms with Gasteiger partial charge in [-0.25, -0.2) is 4.98 Å². The van der Waals surface area contributed by atoms with E-state index in [1.165, 1.54) is 11.1 Å². The zero-order valence-corrected chi connectivity index (χ0v) is 12.0. The first-order chi connectivity index (χ1) is 10.8. The van der Waals surface area contributed by atoms with Gasteiger partial charge in [0.25, 0.3) is 0 Å². The molecule has 3 aromatic rings. The van der Waals surface area contributed by atoms with Gasteiger partial charge in [0.05, 0.1) is 30.0 Å². The van der Waals surface area contributed by atoms with Crippen molar-refractivity contribution in [2.24, 2.45) is 5.92 Å². The quantitative estimate of drug-likeness (QED) is 0.749. The summed E-state index contributed by atoms with van der Waals surface area (Å²) in [5.41, 5.74) is 4.59. The molecule has 4 heterocycles. The van der Waals surface area contributed by atoms with Gasteiger partial charge in [-0.15, -0.1) is 0 Å². The van der Waals surface area contributed by atoms with Crippen LogP contribution in [-0.4, -0.2) is 24.4 Å². The smallest absolute Gasteiger partial charge is 0.101 e. The first-order valence-electron chi connectivity index (χ1n) is 7.65. The topological polar surface area (TPSA) is 55.9 Å². The molecule has 22 heavy (non-hydrogen) atoms. The molecular formula is C17H16N4O. The Bertz CT molecular complexity index is 850. The number of aliphatic hydroxyl groups is 1. The van der Waals surface area contributed by atoms with Crippen LogP contribution >= 0.6 is 0 Å². The van der Waals surface area contributed by atoms with E-state index in [-0.39, 0.29) is 12.0 Å². The van der Waals surface area contributed by atoms with E-state index in [9.17, 15) is 5.11 Å². The van der Waals surface area contributed by atoms with Crippen molar-refractivity contribution in [3.63, 3.8) is 0 Å². The predicted molar refractivity (Wildman–Crippen MR) is 81.1 cm³/mol. The lowest BCUT2D eigenvalue weighted by Gasteiger charge is -2.34. The molecule has 0 fully saturated rings. The van der Waals surface area contributed by atoms with E-state index in [0.29, 0.717) is 0 Å². The summed E-state index contributed by atoms with van der Waals surface area (Å²) < 4.78 is 4.13. The molecule has 1 aromatic carbocycles. The molecule has 1 N–H and O–H groups in total. The van der Waals surface area contributed by atoms with Gasteiger partial charge in [0.15, 0.2) is 0 Å². The average molecular weight is 292 g/mol. The van der Waals surface area contributed by atoms with Crippen molar-refractivity contribution < 1.29 is 5.11 Å². The van der Waals surface area contributed by atoms with Crippen LogP contribution < -0.4 is 0 Å². The highest BCUT2D eigenvalue weighted by molar-refractivity contribution is 5.69. The third kappa shape index (κ3) is 1.46. The number of benzene rings is 1. The van der Waals surface area contributed by atoms with Gasteiger partial charge in [-0.05, 0) is 18.1 Å². The number of hydrogen-bond acceptors (Lipinski definition) is 3. The number of aliphatic hydroxyl groups excluding tert-OH is 1. The molecule has 3 atom stereocenters. The highest BCUT2D eigenvalue weighted by atomic mass is 16.3. The summed E-state index contributed by atoms with van der Waals surface area (Å²) in [6.45, 7) is 0.854. The lowest BCUT2D eigenvalue weighted by Crippen LogP contribution is -2.31. The SMILES string of the molecule is O[C@H]1c2ccnn2CC[C@H]1[C@@H]1c2ccccc2-c2cncn21. The standard InChI is InChI=1S/C17H16N4O/c22-17-13(6-8-21-14(17)5-7-19-21)16-12-4-2-1-3-11(12)15-9-18-10-20(15)16/h1-5,7,9-10,13,16-17,22H,6,8H2/t13-,16-,17+/m0/s1. The highest BCUT2D eigenvalue weighted by Crippen LogP contribution is 2.48. The van der Waals surface area contributed by atoms with E-state index in [1.54, 1.807) is 6.20 Å². The van der Waals surface area contributed by atoms with Crippen molar-refractivity contribution >= 4 is 0 Å². The van der Waals surface area contributed by atoms with Crippen molar-refractivity contribution in [3.8, 4) is 11.3 Å². The second kappa shape index (κ2) is 4.30. The zero-order valence-electron chi connectivity index (χ0n) is 12.0. The number of fused-ring (bicyclic) bond motifs is 4. The second-order valence-corrected chi connectivity index (χ2v) is 6.09. The molecule has 0 unspecified atom stereocenters. The summed E-state index contributed by atoms with van der Waals surface area (Å²) in [4.78, 5) is 4.31. The number of aryl methyl sites for hydroxylation is 1.